The summed E-state index contributed by atoms with van der Waals surface area (Å²) in [5.41, 5.74) is 4.16. The van der Waals surface area contributed by atoms with Crippen molar-refractivity contribution in [3.8, 4) is 0 Å². The minimum Gasteiger partial charge on any atom is -0.444 e. The molecule has 0 saturated heterocycles. The van der Waals surface area contributed by atoms with Gasteiger partial charge in [0.2, 0.25) is 5.89 Å². The molecule has 2 rings (SSSR count). The first-order valence-electron chi connectivity index (χ1n) is 5.74. The van der Waals surface area contributed by atoms with E-state index in [0.29, 0.717) is 11.6 Å². The van der Waals surface area contributed by atoms with Crippen LogP contribution in [0.4, 0.5) is 5.69 Å². The van der Waals surface area contributed by atoms with Gasteiger partial charge in [-0.15, -0.1) is 0 Å². The molecule has 2 heterocycles. The number of nitrogens with zero attached hydrogens (tertiary/aromatic N) is 2. The molecule has 7 heteroatoms. The second kappa shape index (κ2) is 5.49. The van der Waals surface area contributed by atoms with Crippen molar-refractivity contribution in [1.29, 1.82) is 0 Å². The Morgan fingerprint density at radius 1 is 1.47 bits per heavy atom. The molecule has 0 fully saturated rings. The van der Waals surface area contributed by atoms with E-state index in [1.807, 2.05) is 13.8 Å². The molecule has 0 unspecified atom stereocenters. The minimum absolute atomic E-state index is 0.218. The number of nitrogens with two attached hydrogens (primary N) is 1. The molecule has 0 radical (unpaired) electrons. The van der Waals surface area contributed by atoms with E-state index in [-0.39, 0.29) is 18.1 Å². The SMILES string of the molecule is Cc1nc(CNC(=O)c2cc(NN)ccn2)oc1C. The fraction of sp³-hybridized carbons (Fsp3) is 0.250. The second-order valence-corrected chi connectivity index (χ2v) is 4.01. The maximum atomic E-state index is 11.9. The molecule has 0 aromatic carbocycles. The van der Waals surface area contributed by atoms with E-state index in [1.165, 1.54) is 6.20 Å². The summed E-state index contributed by atoms with van der Waals surface area (Å²) in [6.07, 6.45) is 1.50. The lowest BCUT2D eigenvalue weighted by atomic mass is 10.3. The highest BCUT2D eigenvalue weighted by Crippen LogP contribution is 2.09. The van der Waals surface area contributed by atoms with Crippen LogP contribution in [0, 0.1) is 13.8 Å². The van der Waals surface area contributed by atoms with Gasteiger partial charge in [-0.1, -0.05) is 0 Å². The van der Waals surface area contributed by atoms with Crippen LogP contribution in [0.2, 0.25) is 0 Å². The number of carbonyl (C=O) groups is 1. The second-order valence-electron chi connectivity index (χ2n) is 4.01. The third-order valence-corrected chi connectivity index (χ3v) is 2.63. The third-order valence-electron chi connectivity index (χ3n) is 2.63. The quantitative estimate of drug-likeness (QED) is 0.557. The van der Waals surface area contributed by atoms with E-state index in [2.05, 4.69) is 20.7 Å². The van der Waals surface area contributed by atoms with Crippen LogP contribution in [0.15, 0.2) is 22.7 Å². The minimum atomic E-state index is -0.314. The number of hydrogen-bond donors (Lipinski definition) is 3. The molecule has 0 bridgehead atoms. The summed E-state index contributed by atoms with van der Waals surface area (Å²) in [5.74, 6) is 6.17. The number of anilines is 1. The van der Waals surface area contributed by atoms with Crippen molar-refractivity contribution in [3.63, 3.8) is 0 Å². The van der Waals surface area contributed by atoms with Crippen LogP contribution in [0.5, 0.6) is 0 Å². The first kappa shape index (κ1) is 13.0. The van der Waals surface area contributed by atoms with Crippen molar-refractivity contribution < 1.29 is 9.21 Å². The van der Waals surface area contributed by atoms with Gasteiger partial charge in [0.05, 0.1) is 17.9 Å². The topological polar surface area (TPSA) is 106 Å². The molecule has 19 heavy (non-hydrogen) atoms. The number of pyridine rings is 1. The highest BCUT2D eigenvalue weighted by Gasteiger charge is 2.10. The number of aromatic nitrogens is 2. The molecule has 100 valence electrons. The maximum absolute atomic E-state index is 11.9. The Morgan fingerprint density at radius 3 is 2.89 bits per heavy atom. The molecule has 0 aliphatic carbocycles. The smallest absolute Gasteiger partial charge is 0.270 e. The van der Waals surface area contributed by atoms with Gasteiger partial charge in [-0.25, -0.2) is 4.98 Å². The molecule has 0 aliphatic rings. The summed E-state index contributed by atoms with van der Waals surface area (Å²) < 4.78 is 5.37. The Labute approximate surface area is 110 Å². The molecule has 2 aromatic heterocycles. The number of oxazole rings is 1. The van der Waals surface area contributed by atoms with E-state index in [4.69, 9.17) is 10.3 Å². The standard InChI is InChI=1S/C12H15N5O2/c1-7-8(2)19-11(16-7)6-15-12(18)10-5-9(17-13)3-4-14-10/h3-5H,6,13H2,1-2H3,(H,14,17)(H,15,18). The summed E-state index contributed by atoms with van der Waals surface area (Å²) in [5, 5.41) is 2.68. The summed E-state index contributed by atoms with van der Waals surface area (Å²) in [6.45, 7) is 3.89. The van der Waals surface area contributed by atoms with Crippen molar-refractivity contribution in [3.05, 3.63) is 41.4 Å². The maximum Gasteiger partial charge on any atom is 0.270 e. The lowest BCUT2D eigenvalue weighted by molar-refractivity contribution is 0.0942. The lowest BCUT2D eigenvalue weighted by Gasteiger charge is -2.04. The predicted octanol–water partition coefficient (Wildman–Crippen LogP) is 0.902. The van der Waals surface area contributed by atoms with Crippen molar-refractivity contribution in [2.45, 2.75) is 20.4 Å². The van der Waals surface area contributed by atoms with Gasteiger partial charge in [0.15, 0.2) is 0 Å². The largest absolute Gasteiger partial charge is 0.444 e. The zero-order chi connectivity index (χ0) is 13.8. The molecule has 7 nitrogen and oxygen atoms in total. The van der Waals surface area contributed by atoms with Crippen molar-refractivity contribution in [2.24, 2.45) is 5.84 Å². The third kappa shape index (κ3) is 3.08. The lowest BCUT2D eigenvalue weighted by Crippen LogP contribution is -2.24. The Hall–Kier alpha value is -2.41. The molecule has 4 N–H and O–H groups in total. The Balaban J connectivity index is 2.00. The number of rotatable bonds is 4. The summed E-state index contributed by atoms with van der Waals surface area (Å²) in [4.78, 5) is 20.0. The number of hydrazine groups is 1. The molecule has 0 aliphatic heterocycles. The van der Waals surface area contributed by atoms with Gasteiger partial charge in [0.25, 0.3) is 5.91 Å². The molecule has 0 saturated carbocycles. The van der Waals surface area contributed by atoms with Crippen LogP contribution >= 0.6 is 0 Å². The first-order valence-corrected chi connectivity index (χ1v) is 5.74. The van der Waals surface area contributed by atoms with Gasteiger partial charge in [-0.05, 0) is 26.0 Å². The number of aryl methyl sites for hydroxylation is 2. The van der Waals surface area contributed by atoms with Crippen LogP contribution in [-0.2, 0) is 6.54 Å². The van der Waals surface area contributed by atoms with Crippen LogP contribution in [0.3, 0.4) is 0 Å². The van der Waals surface area contributed by atoms with E-state index < -0.39 is 0 Å². The highest BCUT2D eigenvalue weighted by atomic mass is 16.4. The van der Waals surface area contributed by atoms with E-state index in [9.17, 15) is 4.79 Å². The zero-order valence-corrected chi connectivity index (χ0v) is 10.7. The fourth-order valence-corrected chi connectivity index (χ4v) is 1.51. The van der Waals surface area contributed by atoms with Crippen LogP contribution < -0.4 is 16.6 Å². The first-order chi connectivity index (χ1) is 9.10. The summed E-state index contributed by atoms with van der Waals surface area (Å²) >= 11 is 0. The summed E-state index contributed by atoms with van der Waals surface area (Å²) in [6, 6.07) is 3.22. The van der Waals surface area contributed by atoms with Crippen LogP contribution in [0.25, 0.3) is 0 Å². The monoisotopic (exact) mass is 261 g/mol. The summed E-state index contributed by atoms with van der Waals surface area (Å²) in [7, 11) is 0. The van der Waals surface area contributed by atoms with Gasteiger partial charge in [0.1, 0.15) is 11.5 Å². The van der Waals surface area contributed by atoms with Gasteiger partial charge in [-0.3, -0.25) is 15.6 Å². The van der Waals surface area contributed by atoms with Gasteiger partial charge >= 0.3 is 0 Å². The van der Waals surface area contributed by atoms with Gasteiger partial charge < -0.3 is 15.2 Å². The number of carbonyl (C=O) groups excluding carboxylic acids is 1. The fourth-order valence-electron chi connectivity index (χ4n) is 1.51. The highest BCUT2D eigenvalue weighted by molar-refractivity contribution is 5.92. The Morgan fingerprint density at radius 2 is 2.26 bits per heavy atom. The number of amides is 1. The average Bonchev–Trinajstić information content (AvgIpc) is 2.75. The van der Waals surface area contributed by atoms with E-state index in [1.54, 1.807) is 12.1 Å². The molecular weight excluding hydrogens is 246 g/mol. The van der Waals surface area contributed by atoms with Crippen molar-refractivity contribution in [2.75, 3.05) is 5.43 Å². The van der Waals surface area contributed by atoms with Crippen LogP contribution in [0.1, 0.15) is 27.8 Å². The van der Waals surface area contributed by atoms with Crippen molar-refractivity contribution in [1.82, 2.24) is 15.3 Å². The Bertz CT molecular complexity index is 574. The average molecular weight is 261 g/mol. The number of nitrogen functional groups attached to an aromatic ring is 1. The predicted molar refractivity (Wildman–Crippen MR) is 69.2 cm³/mol. The molecule has 0 spiro atoms. The van der Waals surface area contributed by atoms with Crippen molar-refractivity contribution >= 4 is 11.6 Å². The normalized spacial score (nSPS) is 10.3. The zero-order valence-electron chi connectivity index (χ0n) is 10.7. The van der Waals surface area contributed by atoms with Crippen LogP contribution in [-0.4, -0.2) is 15.9 Å². The molecular formula is C12H15N5O2. The van der Waals surface area contributed by atoms with Gasteiger partial charge in [-0.2, -0.15) is 0 Å². The number of nitrogens with one attached hydrogen (secondary N) is 2. The van der Waals surface area contributed by atoms with Gasteiger partial charge in [0, 0.05) is 6.20 Å². The molecule has 2 aromatic rings. The van der Waals surface area contributed by atoms with E-state index >= 15 is 0 Å². The molecule has 1 amide bonds. The Kier molecular flexibility index (Phi) is 3.76. The molecule has 0 atom stereocenters. The van der Waals surface area contributed by atoms with E-state index in [0.717, 1.165) is 11.5 Å². The number of hydrogen-bond acceptors (Lipinski definition) is 6.